The van der Waals surface area contributed by atoms with Crippen LogP contribution in [-0.4, -0.2) is 16.0 Å². The zero-order valence-corrected chi connectivity index (χ0v) is 9.11. The molecular formula is C12H8N2O4. The van der Waals surface area contributed by atoms with Crippen LogP contribution in [-0.2, 0) is 4.79 Å². The number of aliphatic carboxylic acids is 1. The fourth-order valence-corrected chi connectivity index (χ4v) is 1.20. The molecule has 0 saturated heterocycles. The third-order valence-electron chi connectivity index (χ3n) is 2.02. The number of carbonyl (C=O) groups is 1. The van der Waals surface area contributed by atoms with E-state index in [2.05, 4.69) is 0 Å². The first-order valence-corrected chi connectivity index (χ1v) is 4.81. The van der Waals surface area contributed by atoms with Crippen LogP contribution in [0.3, 0.4) is 0 Å². The molecular weight excluding hydrogens is 236 g/mol. The molecule has 0 radical (unpaired) electrons. The second kappa shape index (κ2) is 5.96. The molecule has 0 bridgehead atoms. The normalized spacial score (nSPS) is 11.2. The fourth-order valence-electron chi connectivity index (χ4n) is 1.20. The highest BCUT2D eigenvalue weighted by Crippen LogP contribution is 2.18. The van der Waals surface area contributed by atoms with Gasteiger partial charge in [0.25, 0.3) is 5.69 Å². The van der Waals surface area contributed by atoms with E-state index in [-0.39, 0.29) is 5.69 Å². The second-order valence-corrected chi connectivity index (χ2v) is 3.17. The molecule has 90 valence electrons. The van der Waals surface area contributed by atoms with E-state index in [0.29, 0.717) is 5.56 Å². The predicted octanol–water partition coefficient (Wildman–Crippen LogP) is 2.14. The molecule has 0 saturated carbocycles. The fraction of sp³-hybridized carbons (Fsp3) is 0. The molecule has 1 N–H and O–H groups in total. The van der Waals surface area contributed by atoms with Gasteiger partial charge >= 0.3 is 5.97 Å². The van der Waals surface area contributed by atoms with Crippen molar-refractivity contribution >= 4 is 17.7 Å². The molecule has 0 atom stereocenters. The Labute approximate surface area is 102 Å². The molecule has 0 heterocycles. The van der Waals surface area contributed by atoms with Crippen molar-refractivity contribution in [2.75, 3.05) is 0 Å². The van der Waals surface area contributed by atoms with Crippen molar-refractivity contribution in [3.63, 3.8) is 0 Å². The van der Waals surface area contributed by atoms with Gasteiger partial charge in [-0.25, -0.2) is 4.79 Å². The number of nitro benzene ring substituents is 1. The van der Waals surface area contributed by atoms with E-state index >= 15 is 0 Å². The van der Waals surface area contributed by atoms with Crippen LogP contribution in [0.1, 0.15) is 5.56 Å². The molecule has 0 unspecified atom stereocenters. The second-order valence-electron chi connectivity index (χ2n) is 3.17. The summed E-state index contributed by atoms with van der Waals surface area (Å²) < 4.78 is 0. The molecule has 0 aromatic heterocycles. The van der Waals surface area contributed by atoms with Gasteiger partial charge in [-0.05, 0) is 18.2 Å². The average molecular weight is 244 g/mol. The summed E-state index contributed by atoms with van der Waals surface area (Å²) in [5.41, 5.74) is -0.192. The third-order valence-corrected chi connectivity index (χ3v) is 2.02. The summed E-state index contributed by atoms with van der Waals surface area (Å²) in [5.74, 6) is -1.34. The van der Waals surface area contributed by atoms with E-state index in [0.717, 1.165) is 6.08 Å². The Morgan fingerprint density at radius 3 is 2.67 bits per heavy atom. The van der Waals surface area contributed by atoms with E-state index in [1.165, 1.54) is 36.4 Å². The summed E-state index contributed by atoms with van der Waals surface area (Å²) in [7, 11) is 0. The molecule has 1 aromatic carbocycles. The van der Waals surface area contributed by atoms with Gasteiger partial charge in [0.15, 0.2) is 0 Å². The van der Waals surface area contributed by atoms with E-state index in [4.69, 9.17) is 10.4 Å². The summed E-state index contributed by atoms with van der Waals surface area (Å²) in [6.07, 6.45) is 3.74. The van der Waals surface area contributed by atoms with Crippen LogP contribution in [0.5, 0.6) is 0 Å². The first-order valence-electron chi connectivity index (χ1n) is 4.81. The summed E-state index contributed by atoms with van der Waals surface area (Å²) in [6, 6.07) is 7.52. The van der Waals surface area contributed by atoms with Gasteiger partial charge in [0.2, 0.25) is 0 Å². The number of hydrogen-bond acceptors (Lipinski definition) is 4. The number of nitrogens with zero attached hydrogens (tertiary/aromatic N) is 2. The number of carboxylic acid groups (broad SMARTS) is 1. The Bertz CT molecular complexity index is 582. The molecule has 0 fully saturated rings. The SMILES string of the molecule is N#C/C(=C\C=C\c1ccccc1[N+](=O)[O-])C(=O)O. The first-order chi connectivity index (χ1) is 8.56. The van der Waals surface area contributed by atoms with Crippen molar-refractivity contribution in [1.82, 2.24) is 0 Å². The highest BCUT2D eigenvalue weighted by Gasteiger charge is 2.09. The maximum Gasteiger partial charge on any atom is 0.346 e. The number of carboxylic acids is 1. The van der Waals surface area contributed by atoms with Crippen molar-refractivity contribution in [3.05, 3.63) is 57.7 Å². The lowest BCUT2D eigenvalue weighted by Gasteiger charge is -1.95. The Kier molecular flexibility index (Phi) is 4.35. The molecule has 18 heavy (non-hydrogen) atoms. The van der Waals surface area contributed by atoms with Crippen LogP contribution >= 0.6 is 0 Å². The van der Waals surface area contributed by atoms with Crippen molar-refractivity contribution < 1.29 is 14.8 Å². The molecule has 1 aromatic rings. The average Bonchev–Trinajstić information content (AvgIpc) is 2.34. The Balaban J connectivity index is 3.03. The van der Waals surface area contributed by atoms with Crippen molar-refractivity contribution in [2.24, 2.45) is 0 Å². The van der Waals surface area contributed by atoms with Crippen LogP contribution in [0.4, 0.5) is 5.69 Å². The van der Waals surface area contributed by atoms with E-state index < -0.39 is 16.5 Å². The van der Waals surface area contributed by atoms with Gasteiger partial charge in [-0.3, -0.25) is 10.1 Å². The minimum atomic E-state index is -1.34. The number of allylic oxidation sites excluding steroid dienone is 2. The van der Waals surface area contributed by atoms with Gasteiger partial charge in [0.05, 0.1) is 10.5 Å². The Morgan fingerprint density at radius 1 is 1.44 bits per heavy atom. The van der Waals surface area contributed by atoms with Crippen LogP contribution < -0.4 is 0 Å². The number of nitriles is 1. The number of hydrogen-bond donors (Lipinski definition) is 1. The van der Waals surface area contributed by atoms with Gasteiger partial charge < -0.3 is 5.11 Å². The van der Waals surface area contributed by atoms with E-state index in [1.54, 1.807) is 6.07 Å². The Morgan fingerprint density at radius 2 is 2.11 bits per heavy atom. The van der Waals surface area contributed by atoms with Gasteiger partial charge in [0.1, 0.15) is 11.6 Å². The monoisotopic (exact) mass is 244 g/mol. The van der Waals surface area contributed by atoms with E-state index in [1.807, 2.05) is 0 Å². The Hall–Kier alpha value is -2.94. The van der Waals surface area contributed by atoms with Crippen LogP contribution in [0, 0.1) is 21.4 Å². The summed E-state index contributed by atoms with van der Waals surface area (Å²) in [6.45, 7) is 0. The standard InChI is InChI=1S/C12H8N2O4/c13-8-10(12(15)16)6-3-5-9-4-1-2-7-11(9)14(17)18/h1-7H,(H,15,16)/b5-3+,10-6+. The van der Waals surface area contributed by atoms with Crippen molar-refractivity contribution in [2.45, 2.75) is 0 Å². The zero-order valence-electron chi connectivity index (χ0n) is 9.11. The number of rotatable bonds is 4. The summed E-state index contributed by atoms with van der Waals surface area (Å²) in [4.78, 5) is 20.7. The first kappa shape index (κ1) is 13.1. The smallest absolute Gasteiger partial charge is 0.346 e. The highest BCUT2D eigenvalue weighted by molar-refractivity contribution is 5.91. The molecule has 0 aliphatic heterocycles. The van der Waals surface area contributed by atoms with Gasteiger partial charge in [0, 0.05) is 6.07 Å². The van der Waals surface area contributed by atoms with Crippen molar-refractivity contribution in [1.29, 1.82) is 5.26 Å². The number of para-hydroxylation sites is 1. The largest absolute Gasteiger partial charge is 0.477 e. The van der Waals surface area contributed by atoms with Crippen LogP contribution in [0.25, 0.3) is 6.08 Å². The lowest BCUT2D eigenvalue weighted by atomic mass is 10.1. The number of nitro groups is 1. The van der Waals surface area contributed by atoms with E-state index in [9.17, 15) is 14.9 Å². The molecule has 0 aliphatic carbocycles. The zero-order chi connectivity index (χ0) is 13.5. The van der Waals surface area contributed by atoms with Gasteiger partial charge in [-0.15, -0.1) is 0 Å². The lowest BCUT2D eigenvalue weighted by molar-refractivity contribution is -0.385. The quantitative estimate of drug-likeness (QED) is 0.287. The molecule has 6 nitrogen and oxygen atoms in total. The minimum absolute atomic E-state index is 0.0871. The topological polar surface area (TPSA) is 104 Å². The summed E-state index contributed by atoms with van der Waals surface area (Å²) >= 11 is 0. The maximum absolute atomic E-state index is 10.7. The van der Waals surface area contributed by atoms with Crippen molar-refractivity contribution in [3.8, 4) is 6.07 Å². The summed E-state index contributed by atoms with van der Waals surface area (Å²) in [5, 5.41) is 27.8. The molecule has 0 aliphatic rings. The van der Waals surface area contributed by atoms with Gasteiger partial charge in [-0.1, -0.05) is 18.2 Å². The maximum atomic E-state index is 10.7. The molecule has 6 heteroatoms. The highest BCUT2D eigenvalue weighted by atomic mass is 16.6. The molecule has 0 amide bonds. The number of benzene rings is 1. The lowest BCUT2D eigenvalue weighted by Crippen LogP contribution is -1.96. The molecule has 1 rings (SSSR count). The minimum Gasteiger partial charge on any atom is -0.477 e. The van der Waals surface area contributed by atoms with Crippen LogP contribution in [0.15, 0.2) is 42.0 Å². The van der Waals surface area contributed by atoms with Crippen LogP contribution in [0.2, 0.25) is 0 Å². The molecule has 0 spiro atoms. The van der Waals surface area contributed by atoms with Gasteiger partial charge in [-0.2, -0.15) is 5.26 Å². The third kappa shape index (κ3) is 3.28. The predicted molar refractivity (Wildman–Crippen MR) is 63.5 cm³/mol.